The van der Waals surface area contributed by atoms with Crippen LogP contribution in [0.25, 0.3) is 0 Å². The molecule has 2 aromatic rings. The van der Waals surface area contributed by atoms with Crippen LogP contribution in [0.3, 0.4) is 0 Å². The van der Waals surface area contributed by atoms with Crippen LogP contribution in [0.15, 0.2) is 36.8 Å². The number of H-pyrrole nitrogens is 1. The third kappa shape index (κ3) is 10.9. The van der Waals surface area contributed by atoms with Gasteiger partial charge in [0, 0.05) is 31.2 Å². The van der Waals surface area contributed by atoms with Gasteiger partial charge in [0.15, 0.2) is 0 Å². The highest BCUT2D eigenvalue weighted by Crippen LogP contribution is 2.13. The number of rotatable bonds is 17. The van der Waals surface area contributed by atoms with E-state index in [-0.39, 0.29) is 37.9 Å². The van der Waals surface area contributed by atoms with E-state index in [4.69, 9.17) is 11.5 Å². The number of nitrogens with two attached hydrogens (primary N) is 2. The number of aromatic amines is 1. The van der Waals surface area contributed by atoms with Crippen molar-refractivity contribution in [3.8, 4) is 5.75 Å². The van der Waals surface area contributed by atoms with Crippen molar-refractivity contribution >= 4 is 41.4 Å². The molecule has 0 fully saturated rings. The summed E-state index contributed by atoms with van der Waals surface area (Å²) in [5.74, 6) is -3.50. The molecule has 15 heteroatoms. The predicted molar refractivity (Wildman–Crippen MR) is 147 cm³/mol. The lowest BCUT2D eigenvalue weighted by Gasteiger charge is -2.25. The highest BCUT2D eigenvalue weighted by atomic mass is 32.2. The molecule has 0 radical (unpaired) electrons. The second-order valence-corrected chi connectivity index (χ2v) is 10.1. The summed E-state index contributed by atoms with van der Waals surface area (Å²) in [6.07, 6.45) is 4.64. The van der Waals surface area contributed by atoms with Crippen molar-refractivity contribution in [2.75, 3.05) is 12.0 Å². The number of hydrogen-bond donors (Lipinski definition) is 8. The fraction of sp³-hybridized carbons (Fsp3) is 0.440. The zero-order valence-electron chi connectivity index (χ0n) is 22.0. The SMILES string of the molecule is CSCCC(NC(=O)C(N)CCC(N)=O)C(=O)NC(Cc1ccc(O)cc1)C(=O)NC(Cc1cnc[nH]1)C(=O)O. The van der Waals surface area contributed by atoms with Crippen molar-refractivity contribution < 1.29 is 34.2 Å². The highest BCUT2D eigenvalue weighted by molar-refractivity contribution is 7.98. The van der Waals surface area contributed by atoms with Gasteiger partial charge in [-0.1, -0.05) is 12.1 Å². The highest BCUT2D eigenvalue weighted by Gasteiger charge is 2.30. The van der Waals surface area contributed by atoms with Crippen LogP contribution < -0.4 is 27.4 Å². The lowest BCUT2D eigenvalue weighted by atomic mass is 10.0. The first-order chi connectivity index (χ1) is 19.0. The Balaban J connectivity index is 2.22. The summed E-state index contributed by atoms with van der Waals surface area (Å²) in [5, 5.41) is 26.9. The van der Waals surface area contributed by atoms with Gasteiger partial charge in [-0.05, 0) is 42.5 Å². The summed E-state index contributed by atoms with van der Waals surface area (Å²) in [6.45, 7) is 0. The minimum Gasteiger partial charge on any atom is -0.508 e. The molecule has 10 N–H and O–H groups in total. The van der Waals surface area contributed by atoms with Gasteiger partial charge in [0.05, 0.1) is 12.4 Å². The lowest BCUT2D eigenvalue weighted by Crippen LogP contribution is -2.58. The molecule has 0 aliphatic rings. The monoisotopic (exact) mass is 577 g/mol. The van der Waals surface area contributed by atoms with E-state index >= 15 is 0 Å². The van der Waals surface area contributed by atoms with Gasteiger partial charge in [0.1, 0.15) is 23.9 Å². The summed E-state index contributed by atoms with van der Waals surface area (Å²) < 4.78 is 0. The first-order valence-corrected chi connectivity index (χ1v) is 13.8. The number of carboxylic acid groups (broad SMARTS) is 1. The second kappa shape index (κ2) is 16.1. The first-order valence-electron chi connectivity index (χ1n) is 12.4. The van der Waals surface area contributed by atoms with Gasteiger partial charge in [-0.2, -0.15) is 11.8 Å². The number of carbonyl (C=O) groups is 5. The van der Waals surface area contributed by atoms with E-state index in [9.17, 15) is 34.2 Å². The standard InChI is InChI=1S/C25H35N7O7S/c1-40-9-8-18(30-22(35)17(26)6-7-21(27)34)23(36)31-19(10-14-2-4-16(33)5-3-14)24(37)32-20(25(38)39)11-15-12-28-13-29-15/h2-5,12-13,17-20,33H,6-11,26H2,1H3,(H2,27,34)(H,28,29)(H,30,35)(H,31,36)(H,32,37)(H,38,39). The maximum Gasteiger partial charge on any atom is 0.326 e. The fourth-order valence-electron chi connectivity index (χ4n) is 3.65. The summed E-state index contributed by atoms with van der Waals surface area (Å²) in [4.78, 5) is 68.7. The number of phenols is 1. The Kier molecular flexibility index (Phi) is 12.9. The Morgan fingerprint density at radius 2 is 1.57 bits per heavy atom. The molecule has 0 aliphatic heterocycles. The summed E-state index contributed by atoms with van der Waals surface area (Å²) in [7, 11) is 0. The average Bonchev–Trinajstić information content (AvgIpc) is 3.42. The molecule has 14 nitrogen and oxygen atoms in total. The van der Waals surface area contributed by atoms with Crippen LogP contribution in [0.1, 0.15) is 30.5 Å². The molecule has 2 rings (SSSR count). The quantitative estimate of drug-likeness (QED) is 0.111. The number of amides is 4. The van der Waals surface area contributed by atoms with Gasteiger partial charge in [0.2, 0.25) is 23.6 Å². The number of carboxylic acids is 1. The van der Waals surface area contributed by atoms with Crippen molar-refractivity contribution in [1.82, 2.24) is 25.9 Å². The molecule has 1 heterocycles. The normalized spacial score (nSPS) is 13.8. The number of hydrogen-bond acceptors (Lipinski definition) is 9. The Hall–Kier alpha value is -4.11. The van der Waals surface area contributed by atoms with E-state index in [1.165, 1.54) is 36.4 Å². The minimum atomic E-state index is -1.32. The Labute approximate surface area is 235 Å². The number of aromatic nitrogens is 2. The van der Waals surface area contributed by atoms with Gasteiger partial charge in [0.25, 0.3) is 0 Å². The zero-order valence-corrected chi connectivity index (χ0v) is 22.8. The van der Waals surface area contributed by atoms with Gasteiger partial charge in [-0.3, -0.25) is 19.2 Å². The lowest BCUT2D eigenvalue weighted by molar-refractivity contribution is -0.142. The maximum atomic E-state index is 13.3. The van der Waals surface area contributed by atoms with Crippen LogP contribution in [0.2, 0.25) is 0 Å². The number of nitrogens with zero attached hydrogens (tertiary/aromatic N) is 1. The van der Waals surface area contributed by atoms with Crippen molar-refractivity contribution in [1.29, 1.82) is 0 Å². The number of nitrogens with one attached hydrogen (secondary N) is 4. The Bertz CT molecular complexity index is 1140. The van der Waals surface area contributed by atoms with Crippen LogP contribution in [0.4, 0.5) is 0 Å². The number of aliphatic carboxylic acids is 1. The summed E-state index contributed by atoms with van der Waals surface area (Å²) in [5.41, 5.74) is 12.0. The predicted octanol–water partition coefficient (Wildman–Crippen LogP) is -1.21. The number of imidazole rings is 1. The Morgan fingerprint density at radius 3 is 2.15 bits per heavy atom. The van der Waals surface area contributed by atoms with E-state index in [1.54, 1.807) is 12.1 Å². The first kappa shape index (κ1) is 32.1. The van der Waals surface area contributed by atoms with Crippen LogP contribution in [0.5, 0.6) is 5.75 Å². The molecular weight excluding hydrogens is 542 g/mol. The van der Waals surface area contributed by atoms with E-state index in [1.807, 2.05) is 6.26 Å². The van der Waals surface area contributed by atoms with E-state index in [0.29, 0.717) is 17.0 Å². The smallest absolute Gasteiger partial charge is 0.326 e. The molecule has 0 spiro atoms. The summed E-state index contributed by atoms with van der Waals surface area (Å²) >= 11 is 1.44. The average molecular weight is 578 g/mol. The van der Waals surface area contributed by atoms with Gasteiger partial charge in [-0.25, -0.2) is 9.78 Å². The van der Waals surface area contributed by atoms with E-state index in [2.05, 4.69) is 25.9 Å². The molecule has 0 bridgehead atoms. The van der Waals surface area contributed by atoms with Gasteiger partial charge >= 0.3 is 5.97 Å². The molecule has 4 atom stereocenters. The topological polar surface area (TPSA) is 243 Å². The molecule has 4 unspecified atom stereocenters. The van der Waals surface area contributed by atoms with Crippen LogP contribution >= 0.6 is 11.8 Å². The van der Waals surface area contributed by atoms with E-state index < -0.39 is 53.8 Å². The van der Waals surface area contributed by atoms with Gasteiger partial charge < -0.3 is 42.6 Å². The molecule has 0 saturated carbocycles. The van der Waals surface area contributed by atoms with E-state index in [0.717, 1.165) is 0 Å². The number of primary amides is 1. The molecule has 40 heavy (non-hydrogen) atoms. The molecular formula is C25H35N7O7S. The number of phenolic OH excluding ortho intramolecular Hbond substituents is 1. The Morgan fingerprint density at radius 1 is 0.950 bits per heavy atom. The number of carbonyl (C=O) groups excluding carboxylic acids is 4. The van der Waals surface area contributed by atoms with Crippen LogP contribution in [-0.4, -0.2) is 86.0 Å². The van der Waals surface area contributed by atoms with Crippen molar-refractivity contribution in [2.45, 2.75) is 56.3 Å². The second-order valence-electron chi connectivity index (χ2n) is 9.07. The molecule has 1 aromatic heterocycles. The van der Waals surface area contributed by atoms with Crippen LogP contribution in [0, 0.1) is 0 Å². The van der Waals surface area contributed by atoms with Crippen LogP contribution in [-0.2, 0) is 36.8 Å². The molecule has 0 aliphatic carbocycles. The third-order valence-corrected chi connectivity index (χ3v) is 6.53. The molecule has 1 aromatic carbocycles. The minimum absolute atomic E-state index is 0.00315. The summed E-state index contributed by atoms with van der Waals surface area (Å²) in [6, 6.07) is 1.28. The largest absolute Gasteiger partial charge is 0.508 e. The van der Waals surface area contributed by atoms with Crippen molar-refractivity contribution in [2.24, 2.45) is 11.5 Å². The molecule has 0 saturated heterocycles. The number of benzene rings is 1. The van der Waals surface area contributed by atoms with Crippen molar-refractivity contribution in [3.63, 3.8) is 0 Å². The van der Waals surface area contributed by atoms with Crippen molar-refractivity contribution in [3.05, 3.63) is 48.0 Å². The molecule has 4 amide bonds. The molecule has 218 valence electrons. The number of aromatic hydroxyl groups is 1. The number of thioether (sulfide) groups is 1. The maximum absolute atomic E-state index is 13.3. The third-order valence-electron chi connectivity index (χ3n) is 5.88. The fourth-order valence-corrected chi connectivity index (χ4v) is 4.12. The van der Waals surface area contributed by atoms with Gasteiger partial charge in [-0.15, -0.1) is 0 Å². The zero-order chi connectivity index (χ0) is 29.7.